The molecule has 6 heteroatoms. The molecular formula is C21H35N3O3. The summed E-state index contributed by atoms with van der Waals surface area (Å²) >= 11 is 0. The van der Waals surface area contributed by atoms with Gasteiger partial charge in [0.2, 0.25) is 0 Å². The average Bonchev–Trinajstić information content (AvgIpc) is 2.71. The van der Waals surface area contributed by atoms with Gasteiger partial charge in [-0.2, -0.15) is 0 Å². The topological polar surface area (TPSA) is 72.0 Å². The van der Waals surface area contributed by atoms with Gasteiger partial charge in [0.25, 0.3) is 0 Å². The first-order valence-corrected chi connectivity index (χ1v) is 9.85. The van der Waals surface area contributed by atoms with Crippen LogP contribution in [0.5, 0.6) is 0 Å². The number of aliphatic imine (C=N–C) groups is 1. The number of methoxy groups -OCH3 is 1. The molecule has 6 nitrogen and oxygen atoms in total. The number of guanidine groups is 1. The number of carbonyl (C=O) groups excluding carboxylic acids is 1. The number of hydrogen-bond donors (Lipinski definition) is 2. The van der Waals surface area contributed by atoms with E-state index in [4.69, 9.17) is 4.74 Å². The van der Waals surface area contributed by atoms with Crippen LogP contribution in [0.15, 0.2) is 35.3 Å². The lowest BCUT2D eigenvalue weighted by molar-refractivity contribution is -0.140. The number of ether oxygens (including phenoxy) is 2. The number of nitrogens with one attached hydrogen (secondary N) is 2. The van der Waals surface area contributed by atoms with Crippen LogP contribution >= 0.6 is 0 Å². The van der Waals surface area contributed by atoms with E-state index in [1.807, 2.05) is 18.2 Å². The van der Waals surface area contributed by atoms with Crippen molar-refractivity contribution in [3.05, 3.63) is 35.9 Å². The van der Waals surface area contributed by atoms with Crippen LogP contribution in [0.3, 0.4) is 0 Å². The fourth-order valence-corrected chi connectivity index (χ4v) is 2.64. The molecule has 2 N–H and O–H groups in total. The van der Waals surface area contributed by atoms with Crippen LogP contribution in [0.4, 0.5) is 0 Å². The molecule has 152 valence electrons. The molecule has 1 unspecified atom stereocenters. The van der Waals surface area contributed by atoms with Gasteiger partial charge in [-0.15, -0.1) is 0 Å². The Kier molecular flexibility index (Phi) is 12.8. The molecule has 0 radical (unpaired) electrons. The Morgan fingerprint density at radius 3 is 2.37 bits per heavy atom. The first-order chi connectivity index (χ1) is 13.2. The van der Waals surface area contributed by atoms with Crippen molar-refractivity contribution in [1.29, 1.82) is 0 Å². The normalized spacial score (nSPS) is 12.5. The molecule has 0 heterocycles. The molecule has 0 fully saturated rings. The van der Waals surface area contributed by atoms with Gasteiger partial charge in [-0.05, 0) is 31.7 Å². The lowest BCUT2D eigenvalue weighted by Crippen LogP contribution is -2.38. The fraction of sp³-hybridized carbons (Fsp3) is 0.619. The summed E-state index contributed by atoms with van der Waals surface area (Å²) in [4.78, 5) is 15.2. The van der Waals surface area contributed by atoms with Crippen LogP contribution in [-0.2, 0) is 14.3 Å². The Hall–Kier alpha value is -2.08. The van der Waals surface area contributed by atoms with E-state index in [9.17, 15) is 4.79 Å². The van der Waals surface area contributed by atoms with Crippen LogP contribution in [0.1, 0.15) is 57.1 Å². The third-order valence-corrected chi connectivity index (χ3v) is 4.30. The minimum atomic E-state index is -0.125. The molecule has 1 atom stereocenters. The molecule has 0 aliphatic heterocycles. The zero-order valence-electron chi connectivity index (χ0n) is 17.0. The Balaban J connectivity index is 2.01. The van der Waals surface area contributed by atoms with E-state index in [0.717, 1.165) is 51.2 Å². The minimum Gasteiger partial charge on any atom is -0.469 e. The van der Waals surface area contributed by atoms with E-state index in [2.05, 4.69) is 39.4 Å². The summed E-state index contributed by atoms with van der Waals surface area (Å²) < 4.78 is 10.5. The van der Waals surface area contributed by atoms with E-state index in [0.29, 0.717) is 13.0 Å². The van der Waals surface area contributed by atoms with E-state index >= 15 is 0 Å². The third kappa shape index (κ3) is 11.3. The molecule has 1 aromatic carbocycles. The Labute approximate surface area is 163 Å². The smallest absolute Gasteiger partial charge is 0.305 e. The number of nitrogens with zero attached hydrogens (tertiary/aromatic N) is 1. The van der Waals surface area contributed by atoms with Crippen LogP contribution < -0.4 is 10.6 Å². The van der Waals surface area contributed by atoms with Crippen LogP contribution in [0.2, 0.25) is 0 Å². The lowest BCUT2D eigenvalue weighted by Gasteiger charge is -2.15. The van der Waals surface area contributed by atoms with Crippen molar-refractivity contribution >= 4 is 11.9 Å². The van der Waals surface area contributed by atoms with Crippen LogP contribution in [0, 0.1) is 0 Å². The van der Waals surface area contributed by atoms with Crippen molar-refractivity contribution in [2.24, 2.45) is 4.99 Å². The van der Waals surface area contributed by atoms with Gasteiger partial charge < -0.3 is 20.1 Å². The van der Waals surface area contributed by atoms with E-state index in [1.165, 1.54) is 12.7 Å². The standard InChI is InChI=1S/C21H35N3O3/c1-18(19-12-7-6-8-13-19)27-17-11-16-24-21(22-2)23-15-10-5-4-9-14-20(25)26-3/h6-8,12-13,18H,4-5,9-11,14-17H2,1-3H3,(H2,22,23,24). The number of benzene rings is 1. The number of carbonyl (C=O) groups is 1. The van der Waals surface area contributed by atoms with Gasteiger partial charge in [-0.1, -0.05) is 43.2 Å². The van der Waals surface area contributed by atoms with Gasteiger partial charge in [0, 0.05) is 33.2 Å². The lowest BCUT2D eigenvalue weighted by atomic mass is 10.1. The fourth-order valence-electron chi connectivity index (χ4n) is 2.64. The summed E-state index contributed by atoms with van der Waals surface area (Å²) in [7, 11) is 3.21. The Morgan fingerprint density at radius 1 is 1.04 bits per heavy atom. The van der Waals surface area contributed by atoms with Gasteiger partial charge in [-0.3, -0.25) is 9.79 Å². The molecule has 0 bridgehead atoms. The zero-order chi connectivity index (χ0) is 19.7. The predicted octanol–water partition coefficient (Wildman–Crippen LogP) is 3.44. The maximum atomic E-state index is 11.0. The molecule has 0 saturated carbocycles. The van der Waals surface area contributed by atoms with Gasteiger partial charge >= 0.3 is 5.97 Å². The molecule has 0 amide bonds. The van der Waals surface area contributed by atoms with Gasteiger partial charge in [0.15, 0.2) is 5.96 Å². The molecule has 1 aromatic rings. The first kappa shape index (κ1) is 23.0. The van der Waals surface area contributed by atoms with Crippen molar-refractivity contribution < 1.29 is 14.3 Å². The SMILES string of the molecule is CN=C(NCCCCCCC(=O)OC)NCCCOC(C)c1ccccc1. The number of esters is 1. The van der Waals surface area contributed by atoms with Crippen molar-refractivity contribution in [1.82, 2.24) is 10.6 Å². The van der Waals surface area contributed by atoms with Crippen LogP contribution in [-0.4, -0.2) is 45.8 Å². The van der Waals surface area contributed by atoms with Crippen molar-refractivity contribution in [3.8, 4) is 0 Å². The second-order valence-corrected chi connectivity index (χ2v) is 6.44. The largest absolute Gasteiger partial charge is 0.469 e. The van der Waals surface area contributed by atoms with Gasteiger partial charge in [0.1, 0.15) is 0 Å². The zero-order valence-corrected chi connectivity index (χ0v) is 17.0. The number of unbranched alkanes of at least 4 members (excludes halogenated alkanes) is 3. The van der Waals surface area contributed by atoms with Crippen LogP contribution in [0.25, 0.3) is 0 Å². The Bertz CT molecular complexity index is 535. The molecule has 0 spiro atoms. The summed E-state index contributed by atoms with van der Waals surface area (Å²) in [5.74, 6) is 0.695. The molecule has 0 aliphatic carbocycles. The van der Waals surface area contributed by atoms with Crippen molar-refractivity contribution in [3.63, 3.8) is 0 Å². The second kappa shape index (κ2) is 15.0. The summed E-state index contributed by atoms with van der Waals surface area (Å²) in [6.45, 7) is 4.48. The maximum absolute atomic E-state index is 11.0. The average molecular weight is 378 g/mol. The Morgan fingerprint density at radius 2 is 1.70 bits per heavy atom. The maximum Gasteiger partial charge on any atom is 0.305 e. The summed E-state index contributed by atoms with van der Waals surface area (Å²) in [6, 6.07) is 10.3. The third-order valence-electron chi connectivity index (χ3n) is 4.30. The predicted molar refractivity (Wildman–Crippen MR) is 110 cm³/mol. The van der Waals surface area contributed by atoms with E-state index in [-0.39, 0.29) is 12.1 Å². The highest BCUT2D eigenvalue weighted by Gasteiger charge is 2.04. The van der Waals surface area contributed by atoms with Gasteiger partial charge in [-0.25, -0.2) is 0 Å². The summed E-state index contributed by atoms with van der Waals surface area (Å²) in [5, 5.41) is 6.62. The van der Waals surface area contributed by atoms with Gasteiger partial charge in [0.05, 0.1) is 13.2 Å². The number of rotatable bonds is 13. The molecule has 27 heavy (non-hydrogen) atoms. The first-order valence-electron chi connectivity index (χ1n) is 9.85. The quantitative estimate of drug-likeness (QED) is 0.238. The van der Waals surface area contributed by atoms with E-state index in [1.54, 1.807) is 7.05 Å². The minimum absolute atomic E-state index is 0.114. The van der Waals surface area contributed by atoms with Crippen molar-refractivity contribution in [2.75, 3.05) is 33.9 Å². The van der Waals surface area contributed by atoms with Crippen molar-refractivity contribution in [2.45, 2.75) is 51.6 Å². The highest BCUT2D eigenvalue weighted by Crippen LogP contribution is 2.15. The summed E-state index contributed by atoms with van der Waals surface area (Å²) in [5.41, 5.74) is 1.20. The molecule has 0 aromatic heterocycles. The monoisotopic (exact) mass is 377 g/mol. The highest BCUT2D eigenvalue weighted by atomic mass is 16.5. The molecule has 0 aliphatic rings. The molecule has 0 saturated heterocycles. The number of hydrogen-bond acceptors (Lipinski definition) is 4. The second-order valence-electron chi connectivity index (χ2n) is 6.44. The molecule has 1 rings (SSSR count). The van der Waals surface area contributed by atoms with E-state index < -0.39 is 0 Å². The highest BCUT2D eigenvalue weighted by molar-refractivity contribution is 5.79. The summed E-state index contributed by atoms with van der Waals surface area (Å²) in [6.07, 6.45) is 5.62. The molecular weight excluding hydrogens is 342 g/mol.